The third-order valence-electron chi connectivity index (χ3n) is 2.13. The third-order valence-corrected chi connectivity index (χ3v) is 2.32. The van der Waals surface area contributed by atoms with E-state index < -0.39 is 5.91 Å². The second-order valence-electron chi connectivity index (χ2n) is 3.64. The van der Waals surface area contributed by atoms with Crippen LogP contribution in [0.4, 0.5) is 5.69 Å². The molecule has 0 fully saturated rings. The van der Waals surface area contributed by atoms with Gasteiger partial charge in [0.05, 0.1) is 0 Å². The molecule has 1 aromatic carbocycles. The molecule has 5 heteroatoms. The normalized spacial score (nSPS) is 10.6. The average molecular weight is 264 g/mol. The molecule has 0 saturated heterocycles. The summed E-state index contributed by atoms with van der Waals surface area (Å²) in [6, 6.07) is 9.21. The van der Waals surface area contributed by atoms with Gasteiger partial charge in [-0.2, -0.15) is 5.26 Å². The van der Waals surface area contributed by atoms with Gasteiger partial charge in [0.15, 0.2) is 0 Å². The van der Waals surface area contributed by atoms with E-state index in [1.165, 1.54) is 6.20 Å². The Balaban J connectivity index is 2.69. The van der Waals surface area contributed by atoms with Gasteiger partial charge < -0.3 is 10.6 Å². The summed E-state index contributed by atoms with van der Waals surface area (Å²) in [7, 11) is 0. The number of nitrogens with zero attached hydrogens (tertiary/aromatic N) is 1. The first-order chi connectivity index (χ1) is 8.67. The fraction of sp³-hybridized carbons (Fsp3) is 0.231. The van der Waals surface area contributed by atoms with Gasteiger partial charge >= 0.3 is 0 Å². The summed E-state index contributed by atoms with van der Waals surface area (Å²) in [5.74, 6) is -0.0282. The van der Waals surface area contributed by atoms with Crippen LogP contribution >= 0.6 is 11.6 Å². The van der Waals surface area contributed by atoms with Gasteiger partial charge in [-0.1, -0.05) is 12.1 Å². The second-order valence-corrected chi connectivity index (χ2v) is 4.01. The minimum absolute atomic E-state index is 0.0154. The zero-order valence-corrected chi connectivity index (χ0v) is 10.8. The lowest BCUT2D eigenvalue weighted by Gasteiger charge is -2.05. The first-order valence-electron chi connectivity index (χ1n) is 5.45. The van der Waals surface area contributed by atoms with Crippen LogP contribution in [0.5, 0.6) is 0 Å². The highest BCUT2D eigenvalue weighted by Crippen LogP contribution is 2.10. The smallest absolute Gasteiger partial charge is 0.267 e. The Morgan fingerprint density at radius 3 is 2.94 bits per heavy atom. The van der Waals surface area contributed by atoms with E-state index in [9.17, 15) is 4.79 Å². The van der Waals surface area contributed by atoms with Gasteiger partial charge in [-0.3, -0.25) is 4.79 Å². The number of rotatable bonds is 5. The van der Waals surface area contributed by atoms with Crippen molar-refractivity contribution in [1.29, 1.82) is 5.26 Å². The number of alkyl halides is 1. The molecule has 1 aromatic rings. The number of carbonyl (C=O) groups excluding carboxylic acids is 1. The maximum Gasteiger partial charge on any atom is 0.267 e. The number of hydrogen-bond donors (Lipinski definition) is 2. The number of nitriles is 1. The lowest BCUT2D eigenvalue weighted by molar-refractivity contribution is -0.112. The molecule has 0 aliphatic rings. The number of aryl methyl sites for hydroxylation is 1. The first-order valence-corrected chi connectivity index (χ1v) is 5.98. The van der Waals surface area contributed by atoms with Crippen LogP contribution in [0.3, 0.4) is 0 Å². The first kappa shape index (κ1) is 14.1. The second kappa shape index (κ2) is 7.36. The number of nitrogens with one attached hydrogen (secondary N) is 2. The van der Waals surface area contributed by atoms with Gasteiger partial charge in [-0.15, -0.1) is 11.6 Å². The molecule has 2 N–H and O–H groups in total. The van der Waals surface area contributed by atoms with Crippen LogP contribution in [0.1, 0.15) is 5.56 Å². The molecule has 0 unspecified atom stereocenters. The Bertz CT molecular complexity index is 491. The summed E-state index contributed by atoms with van der Waals surface area (Å²) in [4.78, 5) is 11.8. The molecule has 0 aliphatic carbocycles. The molecule has 0 bridgehead atoms. The Hall–Kier alpha value is -1.99. The van der Waals surface area contributed by atoms with E-state index in [1.807, 2.05) is 31.2 Å². The maximum atomic E-state index is 11.8. The molecule has 94 valence electrons. The van der Waals surface area contributed by atoms with Crippen LogP contribution in [0.2, 0.25) is 0 Å². The molecule has 0 saturated carbocycles. The van der Waals surface area contributed by atoms with Crippen molar-refractivity contribution in [3.05, 3.63) is 41.6 Å². The summed E-state index contributed by atoms with van der Waals surface area (Å²) in [6.45, 7) is 2.43. The average Bonchev–Trinajstić information content (AvgIpc) is 2.34. The van der Waals surface area contributed by atoms with E-state index in [0.29, 0.717) is 18.1 Å². The van der Waals surface area contributed by atoms with Crippen molar-refractivity contribution in [2.75, 3.05) is 17.7 Å². The maximum absolute atomic E-state index is 11.8. The molecular weight excluding hydrogens is 250 g/mol. The highest BCUT2D eigenvalue weighted by molar-refractivity contribution is 6.18. The molecule has 18 heavy (non-hydrogen) atoms. The minimum Gasteiger partial charge on any atom is -0.388 e. The molecule has 0 aromatic heterocycles. The standard InChI is InChI=1S/C13H14ClN3O/c1-10-3-2-4-12(7-10)17-13(18)11(8-15)9-16-6-5-14/h2-4,7,9,16H,5-6H2,1H3,(H,17,18)/b11-9-. The molecule has 0 heterocycles. The lowest BCUT2D eigenvalue weighted by Crippen LogP contribution is -2.17. The van der Waals surface area contributed by atoms with E-state index in [-0.39, 0.29) is 5.57 Å². The van der Waals surface area contributed by atoms with Gasteiger partial charge in [-0.05, 0) is 24.6 Å². The van der Waals surface area contributed by atoms with Gasteiger partial charge in [0.1, 0.15) is 11.6 Å². The van der Waals surface area contributed by atoms with Crippen molar-refractivity contribution >= 4 is 23.2 Å². The highest BCUT2D eigenvalue weighted by atomic mass is 35.5. The fourth-order valence-corrected chi connectivity index (χ4v) is 1.41. The molecule has 0 aliphatic heterocycles. The Morgan fingerprint density at radius 1 is 1.56 bits per heavy atom. The van der Waals surface area contributed by atoms with E-state index in [4.69, 9.17) is 16.9 Å². The van der Waals surface area contributed by atoms with Crippen LogP contribution in [0.15, 0.2) is 36.0 Å². The summed E-state index contributed by atoms with van der Waals surface area (Å²) in [5.41, 5.74) is 1.72. The predicted molar refractivity (Wildman–Crippen MR) is 72.2 cm³/mol. The van der Waals surface area contributed by atoms with Crippen molar-refractivity contribution in [1.82, 2.24) is 5.32 Å². The van der Waals surface area contributed by atoms with Crippen LogP contribution in [-0.4, -0.2) is 18.3 Å². The Morgan fingerprint density at radius 2 is 2.33 bits per heavy atom. The monoisotopic (exact) mass is 263 g/mol. The minimum atomic E-state index is -0.440. The SMILES string of the molecule is Cc1cccc(NC(=O)/C(C#N)=C\NCCCl)c1. The molecule has 1 amide bonds. The van der Waals surface area contributed by atoms with Crippen LogP contribution in [-0.2, 0) is 4.79 Å². The van der Waals surface area contributed by atoms with E-state index in [1.54, 1.807) is 6.07 Å². The molecule has 0 spiro atoms. The quantitative estimate of drug-likeness (QED) is 0.370. The van der Waals surface area contributed by atoms with Crippen molar-refractivity contribution in [2.24, 2.45) is 0 Å². The van der Waals surface area contributed by atoms with Crippen molar-refractivity contribution in [2.45, 2.75) is 6.92 Å². The highest BCUT2D eigenvalue weighted by Gasteiger charge is 2.08. The summed E-state index contributed by atoms with van der Waals surface area (Å²) >= 11 is 5.48. The third kappa shape index (κ3) is 4.48. The zero-order chi connectivity index (χ0) is 13.4. The topological polar surface area (TPSA) is 64.9 Å². The van der Waals surface area contributed by atoms with Crippen molar-refractivity contribution in [3.63, 3.8) is 0 Å². The number of hydrogen-bond acceptors (Lipinski definition) is 3. The number of halogens is 1. The number of anilines is 1. The molecule has 0 radical (unpaired) electrons. The summed E-state index contributed by atoms with van der Waals surface area (Å²) in [6.07, 6.45) is 1.37. The molecule has 1 rings (SSSR count). The van der Waals surface area contributed by atoms with E-state index in [2.05, 4.69) is 10.6 Å². The van der Waals surface area contributed by atoms with Crippen molar-refractivity contribution in [3.8, 4) is 6.07 Å². The lowest BCUT2D eigenvalue weighted by atomic mass is 10.2. The Kier molecular flexibility index (Phi) is 5.75. The van der Waals surface area contributed by atoms with E-state index in [0.717, 1.165) is 5.56 Å². The van der Waals surface area contributed by atoms with Crippen molar-refractivity contribution < 1.29 is 4.79 Å². The number of amides is 1. The van der Waals surface area contributed by atoms with Gasteiger partial charge in [-0.25, -0.2) is 0 Å². The van der Waals surface area contributed by atoms with Gasteiger partial charge in [0.2, 0.25) is 0 Å². The predicted octanol–water partition coefficient (Wildman–Crippen LogP) is 2.17. The molecule has 0 atom stereocenters. The fourth-order valence-electron chi connectivity index (χ4n) is 1.30. The van der Waals surface area contributed by atoms with Gasteiger partial charge in [0, 0.05) is 24.3 Å². The summed E-state index contributed by atoms with van der Waals surface area (Å²) in [5, 5.41) is 14.3. The number of benzene rings is 1. The molecular formula is C13H14ClN3O. The largest absolute Gasteiger partial charge is 0.388 e. The van der Waals surface area contributed by atoms with Crippen LogP contribution in [0, 0.1) is 18.3 Å². The zero-order valence-electron chi connectivity index (χ0n) is 10.0. The number of carbonyl (C=O) groups is 1. The Labute approximate surface area is 111 Å². The van der Waals surface area contributed by atoms with Crippen LogP contribution < -0.4 is 10.6 Å². The summed E-state index contributed by atoms with van der Waals surface area (Å²) < 4.78 is 0. The van der Waals surface area contributed by atoms with Gasteiger partial charge in [0.25, 0.3) is 5.91 Å². The van der Waals surface area contributed by atoms with E-state index >= 15 is 0 Å². The molecule has 4 nitrogen and oxygen atoms in total. The van der Waals surface area contributed by atoms with Crippen LogP contribution in [0.25, 0.3) is 0 Å².